The molecule has 0 aliphatic carbocycles. The van der Waals surface area contributed by atoms with Crippen molar-refractivity contribution in [1.82, 2.24) is 0 Å². The van der Waals surface area contributed by atoms with Gasteiger partial charge in [-0.15, -0.1) is 0 Å². The van der Waals surface area contributed by atoms with Crippen LogP contribution in [0.5, 0.6) is 0 Å². The zero-order chi connectivity index (χ0) is 24.3. The summed E-state index contributed by atoms with van der Waals surface area (Å²) in [6.45, 7) is 1.40. The van der Waals surface area contributed by atoms with Crippen LogP contribution in [0.3, 0.4) is 0 Å². The van der Waals surface area contributed by atoms with Gasteiger partial charge >= 0.3 is 6.18 Å². The summed E-state index contributed by atoms with van der Waals surface area (Å²) in [5, 5.41) is 15.3. The molecule has 2 amide bonds. The summed E-state index contributed by atoms with van der Waals surface area (Å²) < 4.78 is 53.8. The number of carbonyl (C=O) groups excluding carboxylic acids is 2. The van der Waals surface area contributed by atoms with E-state index in [9.17, 15) is 37.3 Å². The van der Waals surface area contributed by atoms with E-state index in [2.05, 4.69) is 10.6 Å². The largest absolute Gasteiger partial charge is 0.418 e. The van der Waals surface area contributed by atoms with Crippen molar-refractivity contribution in [1.29, 1.82) is 0 Å². The highest BCUT2D eigenvalue weighted by Gasteiger charge is 2.34. The Labute approximate surface area is 184 Å². The lowest BCUT2D eigenvalue weighted by molar-refractivity contribution is -0.385. The van der Waals surface area contributed by atoms with Gasteiger partial charge in [0.15, 0.2) is 0 Å². The number of nitro groups is 1. The van der Waals surface area contributed by atoms with E-state index < -0.39 is 40.0 Å². The number of carbonyl (C=O) groups is 2. The number of anilines is 2. The third kappa shape index (κ3) is 5.50. The summed E-state index contributed by atoms with van der Waals surface area (Å²) in [5.74, 6) is -2.22. The van der Waals surface area contributed by atoms with Crippen molar-refractivity contribution in [2.45, 2.75) is 13.1 Å². The smallest absolute Gasteiger partial charge is 0.322 e. The summed E-state index contributed by atoms with van der Waals surface area (Å²) in [5.41, 5.74) is -2.07. The zero-order valence-electron chi connectivity index (χ0n) is 16.9. The molecule has 0 unspecified atom stereocenters. The van der Waals surface area contributed by atoms with Crippen molar-refractivity contribution in [2.75, 3.05) is 10.6 Å². The van der Waals surface area contributed by atoms with E-state index in [-0.39, 0.29) is 28.1 Å². The van der Waals surface area contributed by atoms with Crippen LogP contribution in [0.4, 0.5) is 34.6 Å². The fourth-order valence-corrected chi connectivity index (χ4v) is 2.97. The van der Waals surface area contributed by atoms with Crippen LogP contribution < -0.4 is 10.6 Å². The molecule has 0 aliphatic rings. The minimum absolute atomic E-state index is 0.0379. The lowest BCUT2D eigenvalue weighted by Crippen LogP contribution is -2.18. The van der Waals surface area contributed by atoms with Gasteiger partial charge in [-0.1, -0.05) is 0 Å². The van der Waals surface area contributed by atoms with Crippen molar-refractivity contribution in [3.63, 3.8) is 0 Å². The molecule has 2 N–H and O–H groups in total. The monoisotopic (exact) mass is 461 g/mol. The Hall–Kier alpha value is -4.28. The topological polar surface area (TPSA) is 101 Å². The molecule has 0 saturated carbocycles. The average molecular weight is 461 g/mol. The van der Waals surface area contributed by atoms with Crippen LogP contribution >= 0.6 is 0 Å². The fraction of sp³-hybridized carbons (Fsp3) is 0.0909. The van der Waals surface area contributed by atoms with Gasteiger partial charge in [0.25, 0.3) is 17.5 Å². The molecule has 0 radical (unpaired) electrons. The van der Waals surface area contributed by atoms with Crippen molar-refractivity contribution in [3.8, 4) is 0 Å². The molecule has 33 heavy (non-hydrogen) atoms. The summed E-state index contributed by atoms with van der Waals surface area (Å²) in [6.07, 6.45) is -4.87. The number of nitro benzene ring substituents is 1. The molecule has 11 heteroatoms. The normalized spacial score (nSPS) is 11.1. The summed E-state index contributed by atoms with van der Waals surface area (Å²) in [6, 6.07) is 10.6. The molecule has 3 rings (SSSR count). The second-order valence-corrected chi connectivity index (χ2v) is 6.93. The van der Waals surface area contributed by atoms with Crippen LogP contribution in [0.2, 0.25) is 0 Å². The minimum Gasteiger partial charge on any atom is -0.322 e. The summed E-state index contributed by atoms with van der Waals surface area (Å²) in [4.78, 5) is 34.9. The van der Waals surface area contributed by atoms with Gasteiger partial charge in [0.1, 0.15) is 5.82 Å². The molecule has 0 fully saturated rings. The Morgan fingerprint density at radius 3 is 2.06 bits per heavy atom. The molecule has 0 bridgehead atoms. The van der Waals surface area contributed by atoms with E-state index in [1.807, 2.05) is 0 Å². The number of nitrogens with one attached hydrogen (secondary N) is 2. The zero-order valence-corrected chi connectivity index (χ0v) is 16.9. The van der Waals surface area contributed by atoms with Crippen LogP contribution in [0.15, 0.2) is 60.7 Å². The second-order valence-electron chi connectivity index (χ2n) is 6.93. The van der Waals surface area contributed by atoms with Crippen LogP contribution in [0, 0.1) is 22.9 Å². The third-order valence-corrected chi connectivity index (χ3v) is 4.59. The molecule has 0 aliphatic heterocycles. The standard InChI is InChI=1S/C22H15F4N3O4/c1-12-10-14(4-9-19(12)29(32)33)21(31)28-18-8-7-16(11-17(18)22(24,25)26)27-20(30)13-2-5-15(23)6-3-13/h2-11H,1H3,(H,27,30)(H,28,31). The van der Waals surface area contributed by atoms with Gasteiger partial charge in [-0.3, -0.25) is 19.7 Å². The lowest BCUT2D eigenvalue weighted by atomic mass is 10.1. The van der Waals surface area contributed by atoms with Crippen molar-refractivity contribution < 1.29 is 32.1 Å². The molecule has 0 aromatic heterocycles. The van der Waals surface area contributed by atoms with E-state index in [1.165, 1.54) is 25.1 Å². The van der Waals surface area contributed by atoms with E-state index in [1.54, 1.807) is 0 Å². The number of alkyl halides is 3. The van der Waals surface area contributed by atoms with E-state index >= 15 is 0 Å². The van der Waals surface area contributed by atoms with Gasteiger partial charge in [0.2, 0.25) is 0 Å². The van der Waals surface area contributed by atoms with Gasteiger partial charge in [0, 0.05) is 28.4 Å². The summed E-state index contributed by atoms with van der Waals surface area (Å²) >= 11 is 0. The molecule has 3 aromatic carbocycles. The van der Waals surface area contributed by atoms with E-state index in [0.717, 1.165) is 36.4 Å². The average Bonchev–Trinajstić information content (AvgIpc) is 2.74. The van der Waals surface area contributed by atoms with E-state index in [4.69, 9.17) is 0 Å². The van der Waals surface area contributed by atoms with Gasteiger partial charge in [-0.25, -0.2) is 4.39 Å². The number of hydrogen-bond donors (Lipinski definition) is 2. The van der Waals surface area contributed by atoms with Crippen LogP contribution in [-0.4, -0.2) is 16.7 Å². The Morgan fingerprint density at radius 1 is 0.879 bits per heavy atom. The maximum atomic E-state index is 13.6. The SMILES string of the molecule is Cc1cc(C(=O)Nc2ccc(NC(=O)c3ccc(F)cc3)cc2C(F)(F)F)ccc1[N+](=O)[O-]. The number of amides is 2. The third-order valence-electron chi connectivity index (χ3n) is 4.59. The first-order chi connectivity index (χ1) is 15.5. The molecule has 170 valence electrons. The lowest BCUT2D eigenvalue weighted by Gasteiger charge is -2.16. The first-order valence-corrected chi connectivity index (χ1v) is 9.30. The molecule has 0 heterocycles. The van der Waals surface area contributed by atoms with Crippen molar-refractivity contribution >= 4 is 28.9 Å². The summed E-state index contributed by atoms with van der Waals surface area (Å²) in [7, 11) is 0. The predicted octanol–water partition coefficient (Wildman–Crippen LogP) is 5.57. The molecule has 7 nitrogen and oxygen atoms in total. The highest BCUT2D eigenvalue weighted by Crippen LogP contribution is 2.37. The number of nitrogens with zero attached hydrogens (tertiary/aromatic N) is 1. The first kappa shape index (κ1) is 23.4. The first-order valence-electron chi connectivity index (χ1n) is 9.30. The van der Waals surface area contributed by atoms with Crippen LogP contribution in [0.1, 0.15) is 31.8 Å². The highest BCUT2D eigenvalue weighted by molar-refractivity contribution is 6.06. The van der Waals surface area contributed by atoms with Crippen LogP contribution in [-0.2, 0) is 6.18 Å². The minimum atomic E-state index is -4.87. The molecular weight excluding hydrogens is 446 g/mol. The maximum Gasteiger partial charge on any atom is 0.418 e. The fourth-order valence-electron chi connectivity index (χ4n) is 2.97. The maximum absolute atomic E-state index is 13.6. The van der Waals surface area contributed by atoms with Crippen molar-refractivity contribution in [2.24, 2.45) is 0 Å². The quantitative estimate of drug-likeness (QED) is 0.295. The number of halogens is 4. The Morgan fingerprint density at radius 2 is 1.48 bits per heavy atom. The van der Waals surface area contributed by atoms with E-state index in [0.29, 0.717) is 6.07 Å². The highest BCUT2D eigenvalue weighted by atomic mass is 19.4. The Bertz CT molecular complexity index is 1240. The van der Waals surface area contributed by atoms with Gasteiger partial charge in [0.05, 0.1) is 16.2 Å². The number of hydrogen-bond acceptors (Lipinski definition) is 4. The second kappa shape index (κ2) is 9.07. The molecular formula is C22H15F4N3O4. The molecule has 0 atom stereocenters. The molecule has 0 spiro atoms. The number of rotatable bonds is 5. The van der Waals surface area contributed by atoms with Gasteiger partial charge in [-0.05, 0) is 61.5 Å². The van der Waals surface area contributed by atoms with Gasteiger partial charge < -0.3 is 10.6 Å². The number of benzene rings is 3. The van der Waals surface area contributed by atoms with Crippen LogP contribution in [0.25, 0.3) is 0 Å². The predicted molar refractivity (Wildman–Crippen MR) is 112 cm³/mol. The molecule has 3 aromatic rings. The Balaban J connectivity index is 1.86. The van der Waals surface area contributed by atoms with Crippen molar-refractivity contribution in [3.05, 3.63) is 98.8 Å². The Kier molecular flexibility index (Phi) is 6.43. The molecule has 0 saturated heterocycles. The number of aryl methyl sites for hydroxylation is 1. The van der Waals surface area contributed by atoms with Gasteiger partial charge in [-0.2, -0.15) is 13.2 Å².